The molecule has 5 heteroatoms. The quantitative estimate of drug-likeness (QED) is 0.801. The van der Waals surface area contributed by atoms with Crippen LogP contribution in [0.1, 0.15) is 26.7 Å². The highest BCUT2D eigenvalue weighted by Crippen LogP contribution is 2.39. The molecule has 2 fully saturated rings. The molecule has 124 valence electrons. The van der Waals surface area contributed by atoms with Crippen LogP contribution < -0.4 is 4.74 Å². The molecule has 23 heavy (non-hydrogen) atoms. The van der Waals surface area contributed by atoms with Crippen molar-refractivity contribution in [2.45, 2.75) is 38.4 Å². The monoisotopic (exact) mass is 316 g/mol. The van der Waals surface area contributed by atoms with Crippen LogP contribution in [0.25, 0.3) is 0 Å². The van der Waals surface area contributed by atoms with Crippen molar-refractivity contribution in [1.82, 2.24) is 9.88 Å². The Bertz CT molecular complexity index is 589. The van der Waals surface area contributed by atoms with Gasteiger partial charge in [0.1, 0.15) is 18.0 Å². The van der Waals surface area contributed by atoms with Gasteiger partial charge in [-0.05, 0) is 38.8 Å². The van der Waals surface area contributed by atoms with E-state index in [4.69, 9.17) is 9.47 Å². The Kier molecular flexibility index (Phi) is 4.39. The number of rotatable bonds is 4. The van der Waals surface area contributed by atoms with Crippen molar-refractivity contribution < 1.29 is 14.3 Å². The number of nitrogens with zero attached hydrogens (tertiary/aromatic N) is 2. The molecule has 0 saturated carbocycles. The molecule has 1 aromatic rings. The van der Waals surface area contributed by atoms with Gasteiger partial charge in [0.25, 0.3) is 0 Å². The fourth-order valence-electron chi connectivity index (χ4n) is 3.55. The normalized spacial score (nSPS) is 29.9. The zero-order valence-corrected chi connectivity index (χ0v) is 13.8. The third-order valence-electron chi connectivity index (χ3n) is 4.62. The van der Waals surface area contributed by atoms with E-state index in [0.29, 0.717) is 18.1 Å². The molecule has 1 amide bonds. The molecule has 0 radical (unpaired) electrons. The molecule has 0 spiro atoms. The van der Waals surface area contributed by atoms with E-state index < -0.39 is 0 Å². The third-order valence-corrected chi connectivity index (χ3v) is 4.62. The van der Waals surface area contributed by atoms with Crippen LogP contribution in [0.15, 0.2) is 36.7 Å². The number of aromatic nitrogens is 1. The molecule has 3 rings (SSSR count). The van der Waals surface area contributed by atoms with Gasteiger partial charge in [-0.3, -0.25) is 9.78 Å². The second kappa shape index (κ2) is 6.32. The van der Waals surface area contributed by atoms with Crippen LogP contribution in [0.2, 0.25) is 0 Å². The lowest BCUT2D eigenvalue weighted by Gasteiger charge is -2.34. The number of ether oxygens (including phenoxy) is 2. The maximum Gasteiger partial charge on any atom is 0.248 e. The van der Waals surface area contributed by atoms with Gasteiger partial charge < -0.3 is 14.4 Å². The van der Waals surface area contributed by atoms with Crippen molar-refractivity contribution in [3.63, 3.8) is 0 Å². The van der Waals surface area contributed by atoms with E-state index in [2.05, 4.69) is 18.5 Å². The van der Waals surface area contributed by atoms with Gasteiger partial charge in [-0.15, -0.1) is 0 Å². The van der Waals surface area contributed by atoms with Crippen LogP contribution >= 0.6 is 0 Å². The van der Waals surface area contributed by atoms with E-state index in [1.54, 1.807) is 19.3 Å². The van der Waals surface area contributed by atoms with E-state index in [0.717, 1.165) is 31.7 Å². The summed E-state index contributed by atoms with van der Waals surface area (Å²) in [7, 11) is 0. The molecule has 0 unspecified atom stereocenters. The van der Waals surface area contributed by atoms with Crippen LogP contribution in [0.5, 0.6) is 5.75 Å². The van der Waals surface area contributed by atoms with Crippen LogP contribution in [0, 0.1) is 5.92 Å². The van der Waals surface area contributed by atoms with Crippen LogP contribution in [0.4, 0.5) is 0 Å². The fourth-order valence-corrected chi connectivity index (χ4v) is 3.55. The fraction of sp³-hybridized carbons (Fsp3) is 0.556. The zero-order valence-electron chi connectivity index (χ0n) is 13.8. The minimum absolute atomic E-state index is 0.0589. The average molecular weight is 316 g/mol. The number of carbonyl (C=O) groups is 1. The molecule has 5 nitrogen and oxygen atoms in total. The number of pyridine rings is 1. The van der Waals surface area contributed by atoms with Gasteiger partial charge >= 0.3 is 0 Å². The first-order valence-electron chi connectivity index (χ1n) is 8.12. The van der Waals surface area contributed by atoms with Crippen molar-refractivity contribution in [1.29, 1.82) is 0 Å². The Balaban J connectivity index is 1.59. The van der Waals surface area contributed by atoms with Gasteiger partial charge in [-0.1, -0.05) is 6.58 Å². The summed E-state index contributed by atoms with van der Waals surface area (Å²) in [4.78, 5) is 18.1. The van der Waals surface area contributed by atoms with Gasteiger partial charge in [-0.25, -0.2) is 0 Å². The van der Waals surface area contributed by atoms with Crippen molar-refractivity contribution in [2.24, 2.45) is 5.92 Å². The molecule has 0 aliphatic carbocycles. The molecule has 0 aromatic carbocycles. The zero-order chi connectivity index (χ0) is 16.4. The molecule has 3 atom stereocenters. The van der Waals surface area contributed by atoms with Crippen LogP contribution in [0.3, 0.4) is 0 Å². The predicted molar refractivity (Wildman–Crippen MR) is 87.1 cm³/mol. The number of fused-ring (bicyclic) bond motifs is 1. The standard InChI is InChI=1S/C18H24N2O3/c1-13(2)17(21)20-8-6-16-14(11-20)9-18(3,23-16)12-22-15-5-4-7-19-10-15/h4-5,7,10,14,16H,1,6,8-9,11-12H2,2-3H3/t14-,16+,18-/m1/s1. The number of likely N-dealkylation sites (tertiary alicyclic amines) is 1. The van der Waals surface area contributed by atoms with Crippen molar-refractivity contribution in [3.05, 3.63) is 36.7 Å². The number of hydrogen-bond acceptors (Lipinski definition) is 4. The molecular formula is C18H24N2O3. The van der Waals surface area contributed by atoms with Gasteiger partial charge in [0, 0.05) is 30.8 Å². The lowest BCUT2D eigenvalue weighted by atomic mass is 9.89. The number of hydrogen-bond donors (Lipinski definition) is 0. The first-order valence-corrected chi connectivity index (χ1v) is 8.12. The SMILES string of the molecule is C=C(C)C(=O)N1CC[C@@H]2O[C@@](C)(COc3cccnc3)C[C@@H]2C1. The smallest absolute Gasteiger partial charge is 0.248 e. The molecule has 2 saturated heterocycles. The largest absolute Gasteiger partial charge is 0.489 e. The summed E-state index contributed by atoms with van der Waals surface area (Å²) in [5, 5.41) is 0. The highest BCUT2D eigenvalue weighted by molar-refractivity contribution is 5.92. The van der Waals surface area contributed by atoms with E-state index in [-0.39, 0.29) is 17.6 Å². The first kappa shape index (κ1) is 16.0. The van der Waals surface area contributed by atoms with Crippen molar-refractivity contribution in [2.75, 3.05) is 19.7 Å². The molecule has 3 heterocycles. The Morgan fingerprint density at radius 2 is 2.43 bits per heavy atom. The van der Waals surface area contributed by atoms with Gasteiger partial charge in [0.2, 0.25) is 5.91 Å². The summed E-state index contributed by atoms with van der Waals surface area (Å²) in [5.74, 6) is 1.18. The minimum atomic E-state index is -0.312. The second-order valence-electron chi connectivity index (χ2n) is 6.87. The summed E-state index contributed by atoms with van der Waals surface area (Å²) in [6.45, 7) is 9.61. The van der Waals surface area contributed by atoms with E-state index in [1.807, 2.05) is 17.0 Å². The average Bonchev–Trinajstić information content (AvgIpc) is 2.89. The molecular weight excluding hydrogens is 292 g/mol. The molecule has 2 aliphatic heterocycles. The number of amides is 1. The van der Waals surface area contributed by atoms with E-state index in [1.165, 1.54) is 0 Å². The Morgan fingerprint density at radius 1 is 1.61 bits per heavy atom. The van der Waals surface area contributed by atoms with Crippen LogP contribution in [-0.4, -0.2) is 47.2 Å². The first-order chi connectivity index (χ1) is 11.0. The van der Waals surface area contributed by atoms with Gasteiger partial charge in [0.15, 0.2) is 0 Å². The molecule has 1 aromatic heterocycles. The third kappa shape index (κ3) is 3.55. The lowest BCUT2D eigenvalue weighted by molar-refractivity contribution is -0.131. The Hall–Kier alpha value is -1.88. The summed E-state index contributed by atoms with van der Waals surface area (Å²) in [5.41, 5.74) is 0.290. The molecule has 2 aliphatic rings. The maximum atomic E-state index is 12.1. The number of piperidine rings is 1. The predicted octanol–water partition coefficient (Wildman–Crippen LogP) is 2.43. The highest BCUT2D eigenvalue weighted by Gasteiger charge is 2.46. The van der Waals surface area contributed by atoms with E-state index in [9.17, 15) is 4.79 Å². The highest BCUT2D eigenvalue weighted by atomic mass is 16.6. The van der Waals surface area contributed by atoms with E-state index >= 15 is 0 Å². The van der Waals surface area contributed by atoms with Crippen molar-refractivity contribution >= 4 is 5.91 Å². The van der Waals surface area contributed by atoms with Crippen molar-refractivity contribution in [3.8, 4) is 5.75 Å². The number of carbonyl (C=O) groups excluding carboxylic acids is 1. The second-order valence-corrected chi connectivity index (χ2v) is 6.87. The Morgan fingerprint density at radius 3 is 3.13 bits per heavy atom. The molecule has 0 N–H and O–H groups in total. The maximum absolute atomic E-state index is 12.1. The minimum Gasteiger partial charge on any atom is -0.489 e. The topological polar surface area (TPSA) is 51.7 Å². The summed E-state index contributed by atoms with van der Waals surface area (Å²) < 4.78 is 12.1. The summed E-state index contributed by atoms with van der Waals surface area (Å²) in [6.07, 6.45) is 5.43. The summed E-state index contributed by atoms with van der Waals surface area (Å²) in [6, 6.07) is 3.75. The summed E-state index contributed by atoms with van der Waals surface area (Å²) >= 11 is 0. The van der Waals surface area contributed by atoms with Crippen LogP contribution in [-0.2, 0) is 9.53 Å². The van der Waals surface area contributed by atoms with Gasteiger partial charge in [0.05, 0.1) is 12.3 Å². The van der Waals surface area contributed by atoms with Gasteiger partial charge in [-0.2, -0.15) is 0 Å². The Labute approximate surface area is 137 Å². The molecule has 0 bridgehead atoms. The lowest BCUT2D eigenvalue weighted by Crippen LogP contribution is -2.44.